The average Bonchev–Trinajstić information content (AvgIpc) is 2.61. The smallest absolute Gasteiger partial charge is 0.170 e. The normalized spacial score (nSPS) is 10.4. The van der Waals surface area contributed by atoms with Crippen LogP contribution in [0.1, 0.15) is 11.3 Å². The molecular formula is C11H11NO2. The monoisotopic (exact) mass is 189 g/mol. The molecule has 72 valence electrons. The van der Waals surface area contributed by atoms with Crippen molar-refractivity contribution in [1.82, 2.24) is 5.16 Å². The summed E-state index contributed by atoms with van der Waals surface area (Å²) in [5, 5.41) is 12.7. The molecule has 0 saturated heterocycles. The number of hydrogen-bond acceptors (Lipinski definition) is 3. The van der Waals surface area contributed by atoms with Crippen LogP contribution in [0.5, 0.6) is 0 Å². The van der Waals surface area contributed by atoms with Crippen molar-refractivity contribution in [1.29, 1.82) is 0 Å². The standard InChI is InChI=1S/C11H11NO2/c1-8-10(7-13)12-14-11(8)9-5-3-2-4-6-9/h2-6,13H,7H2,1H3. The van der Waals surface area contributed by atoms with Crippen molar-refractivity contribution in [3.05, 3.63) is 41.6 Å². The van der Waals surface area contributed by atoms with Crippen molar-refractivity contribution in [3.63, 3.8) is 0 Å². The Hall–Kier alpha value is -1.61. The number of benzene rings is 1. The highest BCUT2D eigenvalue weighted by molar-refractivity contribution is 5.61. The predicted molar refractivity (Wildman–Crippen MR) is 52.6 cm³/mol. The van der Waals surface area contributed by atoms with Crippen LogP contribution in [0.3, 0.4) is 0 Å². The van der Waals surface area contributed by atoms with Gasteiger partial charge in [0.05, 0.1) is 6.61 Å². The Kier molecular flexibility index (Phi) is 2.33. The number of hydrogen-bond donors (Lipinski definition) is 1. The lowest BCUT2D eigenvalue weighted by Gasteiger charge is -1.95. The van der Waals surface area contributed by atoms with E-state index < -0.39 is 0 Å². The van der Waals surface area contributed by atoms with Crippen molar-refractivity contribution in [3.8, 4) is 11.3 Å². The first-order valence-electron chi connectivity index (χ1n) is 4.44. The maximum atomic E-state index is 8.96. The predicted octanol–water partition coefficient (Wildman–Crippen LogP) is 2.14. The maximum absolute atomic E-state index is 8.96. The lowest BCUT2D eigenvalue weighted by atomic mass is 10.1. The van der Waals surface area contributed by atoms with Gasteiger partial charge in [0.15, 0.2) is 5.76 Å². The molecule has 3 heteroatoms. The fourth-order valence-electron chi connectivity index (χ4n) is 1.37. The van der Waals surface area contributed by atoms with E-state index in [9.17, 15) is 0 Å². The van der Waals surface area contributed by atoms with Gasteiger partial charge in [-0.2, -0.15) is 0 Å². The Bertz CT molecular complexity index is 420. The van der Waals surface area contributed by atoms with Gasteiger partial charge in [0.1, 0.15) is 5.69 Å². The second kappa shape index (κ2) is 3.64. The Balaban J connectivity index is 2.48. The number of aromatic nitrogens is 1. The van der Waals surface area contributed by atoms with E-state index >= 15 is 0 Å². The Morgan fingerprint density at radius 3 is 2.57 bits per heavy atom. The molecule has 0 saturated carbocycles. The fourth-order valence-corrected chi connectivity index (χ4v) is 1.37. The molecule has 0 spiro atoms. The molecule has 0 bridgehead atoms. The van der Waals surface area contributed by atoms with Crippen LogP contribution < -0.4 is 0 Å². The van der Waals surface area contributed by atoms with Gasteiger partial charge >= 0.3 is 0 Å². The highest BCUT2D eigenvalue weighted by Gasteiger charge is 2.11. The quantitative estimate of drug-likeness (QED) is 0.787. The lowest BCUT2D eigenvalue weighted by Crippen LogP contribution is -1.85. The summed E-state index contributed by atoms with van der Waals surface area (Å²) >= 11 is 0. The maximum Gasteiger partial charge on any atom is 0.170 e. The lowest BCUT2D eigenvalue weighted by molar-refractivity contribution is 0.266. The van der Waals surface area contributed by atoms with E-state index in [1.807, 2.05) is 37.3 Å². The van der Waals surface area contributed by atoms with Crippen molar-refractivity contribution in [2.45, 2.75) is 13.5 Å². The molecule has 0 radical (unpaired) electrons. The van der Waals surface area contributed by atoms with E-state index in [1.165, 1.54) is 0 Å². The zero-order chi connectivity index (χ0) is 9.97. The molecule has 1 heterocycles. The fraction of sp³-hybridized carbons (Fsp3) is 0.182. The molecule has 0 aliphatic heterocycles. The molecule has 2 rings (SSSR count). The van der Waals surface area contributed by atoms with Crippen LogP contribution >= 0.6 is 0 Å². The number of rotatable bonds is 2. The summed E-state index contributed by atoms with van der Waals surface area (Å²) in [6.45, 7) is 1.81. The van der Waals surface area contributed by atoms with Gasteiger partial charge in [-0.3, -0.25) is 0 Å². The number of aliphatic hydroxyl groups excluding tert-OH is 1. The molecule has 1 aromatic carbocycles. The van der Waals surface area contributed by atoms with Gasteiger partial charge in [0.25, 0.3) is 0 Å². The van der Waals surface area contributed by atoms with Gasteiger partial charge in [0.2, 0.25) is 0 Å². The van der Waals surface area contributed by atoms with E-state index in [1.54, 1.807) is 0 Å². The summed E-state index contributed by atoms with van der Waals surface area (Å²) in [4.78, 5) is 0. The number of aliphatic hydroxyl groups is 1. The van der Waals surface area contributed by atoms with Crippen molar-refractivity contribution in [2.24, 2.45) is 0 Å². The minimum Gasteiger partial charge on any atom is -0.390 e. The van der Waals surface area contributed by atoms with E-state index in [4.69, 9.17) is 9.63 Å². The summed E-state index contributed by atoms with van der Waals surface area (Å²) in [7, 11) is 0. The molecule has 3 nitrogen and oxygen atoms in total. The molecular weight excluding hydrogens is 178 g/mol. The van der Waals surface area contributed by atoms with Gasteiger partial charge in [-0.1, -0.05) is 35.5 Å². The third kappa shape index (κ3) is 1.42. The summed E-state index contributed by atoms with van der Waals surface area (Å²) in [6.07, 6.45) is 0. The average molecular weight is 189 g/mol. The minimum atomic E-state index is -0.0812. The van der Waals surface area contributed by atoms with Crippen LogP contribution in [-0.2, 0) is 6.61 Å². The first-order chi connectivity index (χ1) is 6.83. The largest absolute Gasteiger partial charge is 0.390 e. The molecule has 0 unspecified atom stereocenters. The topological polar surface area (TPSA) is 46.3 Å². The first kappa shape index (κ1) is 8.97. The van der Waals surface area contributed by atoms with E-state index in [0.29, 0.717) is 5.69 Å². The molecule has 1 N–H and O–H groups in total. The number of nitrogens with zero attached hydrogens (tertiary/aromatic N) is 1. The molecule has 0 amide bonds. The molecule has 0 fully saturated rings. The van der Waals surface area contributed by atoms with Crippen LogP contribution in [-0.4, -0.2) is 10.3 Å². The van der Waals surface area contributed by atoms with Gasteiger partial charge in [0, 0.05) is 11.1 Å². The highest BCUT2D eigenvalue weighted by Crippen LogP contribution is 2.24. The van der Waals surface area contributed by atoms with Gasteiger partial charge in [-0.25, -0.2) is 0 Å². The summed E-state index contributed by atoms with van der Waals surface area (Å²) in [5.41, 5.74) is 2.49. The SMILES string of the molecule is Cc1c(CO)noc1-c1ccccc1. The van der Waals surface area contributed by atoms with Gasteiger partial charge in [-0.15, -0.1) is 0 Å². The summed E-state index contributed by atoms with van der Waals surface area (Å²) in [5.74, 6) is 0.731. The Morgan fingerprint density at radius 2 is 2.00 bits per heavy atom. The molecule has 14 heavy (non-hydrogen) atoms. The van der Waals surface area contributed by atoms with Crippen LogP contribution in [0.2, 0.25) is 0 Å². The van der Waals surface area contributed by atoms with Crippen LogP contribution in [0.4, 0.5) is 0 Å². The second-order valence-corrected chi connectivity index (χ2v) is 3.11. The molecule has 0 aliphatic rings. The third-order valence-electron chi connectivity index (χ3n) is 2.21. The minimum absolute atomic E-state index is 0.0812. The Morgan fingerprint density at radius 1 is 1.29 bits per heavy atom. The van der Waals surface area contributed by atoms with Crippen molar-refractivity contribution >= 4 is 0 Å². The summed E-state index contributed by atoms with van der Waals surface area (Å²) in [6, 6.07) is 9.73. The highest BCUT2D eigenvalue weighted by atomic mass is 16.5. The molecule has 2 aromatic rings. The van der Waals surface area contributed by atoms with Crippen molar-refractivity contribution < 1.29 is 9.63 Å². The zero-order valence-corrected chi connectivity index (χ0v) is 7.90. The van der Waals surface area contributed by atoms with Crippen LogP contribution in [0.15, 0.2) is 34.9 Å². The van der Waals surface area contributed by atoms with E-state index in [2.05, 4.69) is 5.16 Å². The van der Waals surface area contributed by atoms with E-state index in [0.717, 1.165) is 16.9 Å². The molecule has 1 aromatic heterocycles. The second-order valence-electron chi connectivity index (χ2n) is 3.11. The zero-order valence-electron chi connectivity index (χ0n) is 7.90. The molecule has 0 aliphatic carbocycles. The van der Waals surface area contributed by atoms with Crippen LogP contribution in [0.25, 0.3) is 11.3 Å². The van der Waals surface area contributed by atoms with Crippen molar-refractivity contribution in [2.75, 3.05) is 0 Å². The first-order valence-corrected chi connectivity index (χ1v) is 4.44. The van der Waals surface area contributed by atoms with Gasteiger partial charge in [-0.05, 0) is 6.92 Å². The van der Waals surface area contributed by atoms with Crippen LogP contribution in [0, 0.1) is 6.92 Å². The van der Waals surface area contributed by atoms with E-state index in [-0.39, 0.29) is 6.61 Å². The molecule has 0 atom stereocenters. The summed E-state index contributed by atoms with van der Waals surface area (Å²) < 4.78 is 5.16. The Labute approximate surface area is 82.0 Å². The van der Waals surface area contributed by atoms with Gasteiger partial charge < -0.3 is 9.63 Å². The third-order valence-corrected chi connectivity index (χ3v) is 2.21.